The molecule has 0 aliphatic carbocycles. The summed E-state index contributed by atoms with van der Waals surface area (Å²) < 4.78 is 11.7. The topological polar surface area (TPSA) is 71.3 Å². The standard InChI is InChI=1S/C27H24Cl2N2O3/c1-4-33-24-14-19(13-23(29)26(24)34-16-20-10-6-5-8-17(20)2)12-21(15-30)27(32)31-25-18(3)9-7-11-22(25)28/h5-14H,4,16H2,1-3H3,(H,31,32)/b21-12+. The lowest BCUT2D eigenvalue weighted by Crippen LogP contribution is -2.14. The van der Waals surface area contributed by atoms with E-state index in [1.54, 1.807) is 24.3 Å². The molecular weight excluding hydrogens is 471 g/mol. The molecule has 34 heavy (non-hydrogen) atoms. The summed E-state index contributed by atoms with van der Waals surface area (Å²) in [6.45, 7) is 6.39. The number of amides is 1. The van der Waals surface area contributed by atoms with Gasteiger partial charge in [0.1, 0.15) is 18.2 Å². The maximum Gasteiger partial charge on any atom is 0.266 e. The Labute approximate surface area is 209 Å². The predicted octanol–water partition coefficient (Wildman–Crippen LogP) is 7.13. The normalized spacial score (nSPS) is 11.0. The Bertz CT molecular complexity index is 1260. The van der Waals surface area contributed by atoms with E-state index in [-0.39, 0.29) is 5.57 Å². The highest BCUT2D eigenvalue weighted by molar-refractivity contribution is 6.34. The number of ether oxygens (including phenoxy) is 2. The summed E-state index contributed by atoms with van der Waals surface area (Å²) in [5.74, 6) is 0.251. The van der Waals surface area contributed by atoms with E-state index in [1.807, 2.05) is 57.2 Å². The van der Waals surface area contributed by atoms with Crippen LogP contribution in [0.15, 0.2) is 60.2 Å². The monoisotopic (exact) mass is 494 g/mol. The molecule has 5 nitrogen and oxygen atoms in total. The van der Waals surface area contributed by atoms with Crippen molar-refractivity contribution in [2.75, 3.05) is 11.9 Å². The van der Waals surface area contributed by atoms with Crippen molar-refractivity contribution in [3.8, 4) is 17.6 Å². The second-order valence-electron chi connectivity index (χ2n) is 7.53. The first-order valence-corrected chi connectivity index (χ1v) is 11.4. The Balaban J connectivity index is 1.88. The Kier molecular flexibility index (Phi) is 8.59. The van der Waals surface area contributed by atoms with Gasteiger partial charge in [0.15, 0.2) is 11.5 Å². The van der Waals surface area contributed by atoms with Crippen LogP contribution in [0, 0.1) is 25.2 Å². The zero-order valence-electron chi connectivity index (χ0n) is 19.1. The molecule has 0 saturated heterocycles. The van der Waals surface area contributed by atoms with Crippen molar-refractivity contribution in [1.82, 2.24) is 0 Å². The fourth-order valence-electron chi connectivity index (χ4n) is 3.28. The van der Waals surface area contributed by atoms with Crippen molar-refractivity contribution < 1.29 is 14.3 Å². The minimum atomic E-state index is -0.576. The third kappa shape index (κ3) is 6.11. The lowest BCUT2D eigenvalue weighted by atomic mass is 10.1. The van der Waals surface area contributed by atoms with E-state index in [0.717, 1.165) is 16.7 Å². The smallest absolute Gasteiger partial charge is 0.266 e. The maximum atomic E-state index is 12.8. The van der Waals surface area contributed by atoms with Crippen molar-refractivity contribution in [2.45, 2.75) is 27.4 Å². The molecule has 0 aliphatic heterocycles. The van der Waals surface area contributed by atoms with E-state index in [4.69, 9.17) is 32.7 Å². The highest BCUT2D eigenvalue weighted by Crippen LogP contribution is 2.38. The molecule has 0 atom stereocenters. The van der Waals surface area contributed by atoms with Crippen LogP contribution < -0.4 is 14.8 Å². The molecule has 0 aromatic heterocycles. The summed E-state index contributed by atoms with van der Waals surface area (Å²) in [6.07, 6.45) is 1.45. The van der Waals surface area contributed by atoms with Crippen LogP contribution in [-0.2, 0) is 11.4 Å². The minimum absolute atomic E-state index is 0.105. The average Bonchev–Trinajstić information content (AvgIpc) is 2.80. The summed E-state index contributed by atoms with van der Waals surface area (Å²) >= 11 is 12.7. The van der Waals surface area contributed by atoms with Crippen LogP contribution in [-0.4, -0.2) is 12.5 Å². The Morgan fingerprint density at radius 2 is 1.76 bits per heavy atom. The number of aryl methyl sites for hydroxylation is 2. The Hall–Kier alpha value is -3.46. The SMILES string of the molecule is CCOc1cc(/C=C(\C#N)C(=O)Nc2c(C)cccc2Cl)cc(Cl)c1OCc1ccccc1C. The molecule has 7 heteroatoms. The number of rotatable bonds is 8. The zero-order chi connectivity index (χ0) is 24.7. The molecule has 0 heterocycles. The number of anilines is 1. The molecule has 0 fully saturated rings. The Morgan fingerprint density at radius 3 is 2.44 bits per heavy atom. The zero-order valence-corrected chi connectivity index (χ0v) is 20.6. The molecule has 0 unspecified atom stereocenters. The van der Waals surface area contributed by atoms with Gasteiger partial charge in [0.05, 0.1) is 22.3 Å². The Morgan fingerprint density at radius 1 is 1.03 bits per heavy atom. The van der Waals surface area contributed by atoms with Crippen LogP contribution in [0.5, 0.6) is 11.5 Å². The molecule has 174 valence electrons. The van der Waals surface area contributed by atoms with Crippen LogP contribution in [0.1, 0.15) is 29.2 Å². The summed E-state index contributed by atoms with van der Waals surface area (Å²) in [5, 5.41) is 13.0. The van der Waals surface area contributed by atoms with E-state index < -0.39 is 5.91 Å². The van der Waals surface area contributed by atoms with Gasteiger partial charge in [0, 0.05) is 0 Å². The number of hydrogen-bond donors (Lipinski definition) is 1. The van der Waals surface area contributed by atoms with E-state index >= 15 is 0 Å². The molecule has 0 bridgehead atoms. The summed E-state index contributed by atoms with van der Waals surface area (Å²) in [5.41, 5.74) is 3.81. The van der Waals surface area contributed by atoms with Crippen LogP contribution in [0.3, 0.4) is 0 Å². The van der Waals surface area contributed by atoms with Crippen LogP contribution >= 0.6 is 23.2 Å². The van der Waals surface area contributed by atoms with Gasteiger partial charge in [-0.3, -0.25) is 4.79 Å². The number of para-hydroxylation sites is 1. The first kappa shape index (κ1) is 25.2. The first-order chi connectivity index (χ1) is 16.3. The van der Waals surface area contributed by atoms with Gasteiger partial charge in [-0.15, -0.1) is 0 Å². The van der Waals surface area contributed by atoms with Crippen molar-refractivity contribution in [1.29, 1.82) is 5.26 Å². The third-order valence-electron chi connectivity index (χ3n) is 5.10. The molecule has 3 rings (SSSR count). The van der Waals surface area contributed by atoms with Gasteiger partial charge in [-0.25, -0.2) is 0 Å². The summed E-state index contributed by atoms with van der Waals surface area (Å²) in [6, 6.07) is 18.4. The molecular formula is C27H24Cl2N2O3. The quantitative estimate of drug-likeness (QED) is 0.267. The van der Waals surface area contributed by atoms with Gasteiger partial charge in [-0.2, -0.15) is 5.26 Å². The van der Waals surface area contributed by atoms with E-state index in [9.17, 15) is 10.1 Å². The molecule has 0 aliphatic rings. The lowest BCUT2D eigenvalue weighted by Gasteiger charge is -2.15. The highest BCUT2D eigenvalue weighted by atomic mass is 35.5. The number of nitrogens with one attached hydrogen (secondary N) is 1. The molecule has 1 N–H and O–H groups in total. The molecule has 1 amide bonds. The van der Waals surface area contributed by atoms with Crippen molar-refractivity contribution in [3.63, 3.8) is 0 Å². The van der Waals surface area contributed by atoms with Gasteiger partial charge >= 0.3 is 0 Å². The van der Waals surface area contributed by atoms with Crippen molar-refractivity contribution in [2.24, 2.45) is 0 Å². The lowest BCUT2D eigenvalue weighted by molar-refractivity contribution is -0.112. The maximum absolute atomic E-state index is 12.8. The summed E-state index contributed by atoms with van der Waals surface area (Å²) in [7, 11) is 0. The van der Waals surface area contributed by atoms with Crippen LogP contribution in [0.2, 0.25) is 10.0 Å². The van der Waals surface area contributed by atoms with Crippen molar-refractivity contribution in [3.05, 3.63) is 92.5 Å². The number of hydrogen-bond acceptors (Lipinski definition) is 4. The molecule has 3 aromatic carbocycles. The minimum Gasteiger partial charge on any atom is -0.490 e. The number of benzene rings is 3. The van der Waals surface area contributed by atoms with Gasteiger partial charge in [-0.05, 0) is 67.3 Å². The van der Waals surface area contributed by atoms with Crippen LogP contribution in [0.4, 0.5) is 5.69 Å². The molecule has 0 radical (unpaired) electrons. The molecule has 0 spiro atoms. The van der Waals surface area contributed by atoms with Gasteiger partial charge in [0.2, 0.25) is 0 Å². The number of nitriles is 1. The van der Waals surface area contributed by atoms with E-state index in [1.165, 1.54) is 6.08 Å². The molecule has 3 aromatic rings. The molecule has 0 saturated carbocycles. The van der Waals surface area contributed by atoms with Gasteiger partial charge < -0.3 is 14.8 Å². The van der Waals surface area contributed by atoms with Crippen molar-refractivity contribution >= 4 is 40.9 Å². The fourth-order valence-corrected chi connectivity index (χ4v) is 3.83. The highest BCUT2D eigenvalue weighted by Gasteiger charge is 2.16. The summed E-state index contributed by atoms with van der Waals surface area (Å²) in [4.78, 5) is 12.8. The van der Waals surface area contributed by atoms with E-state index in [0.29, 0.717) is 46.0 Å². The third-order valence-corrected chi connectivity index (χ3v) is 5.70. The van der Waals surface area contributed by atoms with Gasteiger partial charge in [0.25, 0.3) is 5.91 Å². The largest absolute Gasteiger partial charge is 0.490 e. The second-order valence-corrected chi connectivity index (χ2v) is 8.35. The first-order valence-electron chi connectivity index (χ1n) is 10.7. The number of carbonyl (C=O) groups is 1. The fraction of sp³-hybridized carbons (Fsp3) is 0.185. The second kappa shape index (κ2) is 11.6. The predicted molar refractivity (Wildman–Crippen MR) is 137 cm³/mol. The van der Waals surface area contributed by atoms with Crippen LogP contribution in [0.25, 0.3) is 6.08 Å². The number of carbonyl (C=O) groups excluding carboxylic acids is 1. The number of nitrogens with zero attached hydrogens (tertiary/aromatic N) is 1. The van der Waals surface area contributed by atoms with Gasteiger partial charge in [-0.1, -0.05) is 59.6 Å². The number of halogens is 2. The average molecular weight is 495 g/mol. The van der Waals surface area contributed by atoms with E-state index in [2.05, 4.69) is 5.32 Å².